The SMILES string of the molecule is CC1(C)CCc2nc3c(F)cc(Br)cc3n21. The van der Waals surface area contributed by atoms with Crippen molar-refractivity contribution in [1.29, 1.82) is 0 Å². The van der Waals surface area contributed by atoms with Crippen LogP contribution in [0, 0.1) is 5.82 Å². The molecule has 2 aromatic rings. The Bertz CT molecular complexity index is 586. The Hall–Kier alpha value is -0.900. The lowest BCUT2D eigenvalue weighted by Gasteiger charge is -2.21. The van der Waals surface area contributed by atoms with Gasteiger partial charge in [-0.2, -0.15) is 0 Å². The van der Waals surface area contributed by atoms with Crippen molar-refractivity contribution in [3.63, 3.8) is 0 Å². The molecule has 84 valence electrons. The van der Waals surface area contributed by atoms with E-state index in [4.69, 9.17) is 0 Å². The van der Waals surface area contributed by atoms with Gasteiger partial charge < -0.3 is 4.57 Å². The first-order valence-electron chi connectivity index (χ1n) is 5.36. The van der Waals surface area contributed by atoms with E-state index in [2.05, 4.69) is 39.3 Å². The zero-order valence-corrected chi connectivity index (χ0v) is 10.8. The van der Waals surface area contributed by atoms with Crippen LogP contribution in [0.5, 0.6) is 0 Å². The molecule has 0 bridgehead atoms. The first-order valence-corrected chi connectivity index (χ1v) is 6.15. The van der Waals surface area contributed by atoms with Crippen molar-refractivity contribution in [3.8, 4) is 0 Å². The highest BCUT2D eigenvalue weighted by molar-refractivity contribution is 9.10. The number of nitrogens with zero attached hydrogens (tertiary/aromatic N) is 2. The van der Waals surface area contributed by atoms with E-state index in [9.17, 15) is 4.39 Å². The summed E-state index contributed by atoms with van der Waals surface area (Å²) >= 11 is 3.33. The van der Waals surface area contributed by atoms with Gasteiger partial charge in [-0.15, -0.1) is 0 Å². The van der Waals surface area contributed by atoms with E-state index in [0.29, 0.717) is 5.52 Å². The molecular formula is C12H12BrFN2. The standard InChI is InChI=1S/C12H12BrFN2/c1-12(2)4-3-10-15-11-8(14)5-7(13)6-9(11)16(10)12/h5-6H,3-4H2,1-2H3. The second kappa shape index (κ2) is 3.06. The number of imidazole rings is 1. The summed E-state index contributed by atoms with van der Waals surface area (Å²) in [5.74, 6) is 0.749. The predicted molar refractivity (Wildman–Crippen MR) is 65.0 cm³/mol. The van der Waals surface area contributed by atoms with Crippen LogP contribution >= 0.6 is 15.9 Å². The van der Waals surface area contributed by atoms with E-state index in [1.807, 2.05) is 6.07 Å². The van der Waals surface area contributed by atoms with Gasteiger partial charge in [0, 0.05) is 16.4 Å². The molecular weight excluding hydrogens is 271 g/mol. The molecule has 0 N–H and O–H groups in total. The largest absolute Gasteiger partial charge is 0.322 e. The van der Waals surface area contributed by atoms with Crippen LogP contribution in [0.15, 0.2) is 16.6 Å². The summed E-state index contributed by atoms with van der Waals surface area (Å²) in [4.78, 5) is 4.40. The lowest BCUT2D eigenvalue weighted by atomic mass is 10.0. The van der Waals surface area contributed by atoms with E-state index < -0.39 is 0 Å². The van der Waals surface area contributed by atoms with Gasteiger partial charge in [-0.1, -0.05) is 15.9 Å². The van der Waals surface area contributed by atoms with E-state index in [1.54, 1.807) is 0 Å². The van der Waals surface area contributed by atoms with Crippen LogP contribution in [0.3, 0.4) is 0 Å². The second-order valence-electron chi connectivity index (χ2n) is 4.93. The molecule has 1 aliphatic rings. The molecule has 2 nitrogen and oxygen atoms in total. The molecule has 0 aliphatic carbocycles. The minimum Gasteiger partial charge on any atom is -0.322 e. The normalized spacial score (nSPS) is 18.0. The summed E-state index contributed by atoms with van der Waals surface area (Å²) < 4.78 is 16.7. The minimum absolute atomic E-state index is 0.0390. The van der Waals surface area contributed by atoms with E-state index in [1.165, 1.54) is 6.07 Å². The zero-order chi connectivity index (χ0) is 11.5. The van der Waals surface area contributed by atoms with E-state index >= 15 is 0 Å². The highest BCUT2D eigenvalue weighted by Gasteiger charge is 2.32. The molecule has 2 heterocycles. The lowest BCUT2D eigenvalue weighted by Crippen LogP contribution is -2.20. The number of hydrogen-bond donors (Lipinski definition) is 0. The van der Waals surface area contributed by atoms with Crippen molar-refractivity contribution < 1.29 is 4.39 Å². The van der Waals surface area contributed by atoms with Crippen molar-refractivity contribution in [2.45, 2.75) is 32.2 Å². The molecule has 4 heteroatoms. The number of aryl methyl sites for hydroxylation is 1. The summed E-state index contributed by atoms with van der Waals surface area (Å²) in [5, 5.41) is 0. The Balaban J connectivity index is 2.43. The molecule has 0 unspecified atom stereocenters. The third kappa shape index (κ3) is 1.25. The van der Waals surface area contributed by atoms with Gasteiger partial charge in [0.15, 0.2) is 5.82 Å². The van der Waals surface area contributed by atoms with Crippen LogP contribution in [0.25, 0.3) is 11.0 Å². The topological polar surface area (TPSA) is 17.8 Å². The zero-order valence-electron chi connectivity index (χ0n) is 9.22. The molecule has 0 saturated heterocycles. The molecule has 3 rings (SSSR count). The number of halogens is 2. The molecule has 0 saturated carbocycles. The molecule has 0 radical (unpaired) electrons. The van der Waals surface area contributed by atoms with Crippen LogP contribution in [0.1, 0.15) is 26.1 Å². The van der Waals surface area contributed by atoms with Crippen molar-refractivity contribution in [2.75, 3.05) is 0 Å². The van der Waals surface area contributed by atoms with Gasteiger partial charge >= 0.3 is 0 Å². The Morgan fingerprint density at radius 1 is 1.44 bits per heavy atom. The van der Waals surface area contributed by atoms with Gasteiger partial charge in [0.25, 0.3) is 0 Å². The minimum atomic E-state index is -0.248. The van der Waals surface area contributed by atoms with Crippen LogP contribution in [-0.4, -0.2) is 9.55 Å². The molecule has 0 amide bonds. The van der Waals surface area contributed by atoms with Gasteiger partial charge in [0.1, 0.15) is 11.3 Å². The van der Waals surface area contributed by atoms with Crippen molar-refractivity contribution >= 4 is 27.0 Å². The highest BCUT2D eigenvalue weighted by atomic mass is 79.9. The van der Waals surface area contributed by atoms with Gasteiger partial charge in [-0.05, 0) is 32.4 Å². The molecule has 1 aromatic carbocycles. The fourth-order valence-electron chi connectivity index (χ4n) is 2.52. The van der Waals surface area contributed by atoms with Crippen LogP contribution in [-0.2, 0) is 12.0 Å². The van der Waals surface area contributed by atoms with Gasteiger partial charge in [-0.3, -0.25) is 0 Å². The van der Waals surface area contributed by atoms with Crippen molar-refractivity contribution in [3.05, 3.63) is 28.2 Å². The molecule has 0 atom stereocenters. The van der Waals surface area contributed by atoms with Crippen LogP contribution in [0.2, 0.25) is 0 Å². The fraction of sp³-hybridized carbons (Fsp3) is 0.417. The Morgan fingerprint density at radius 2 is 2.19 bits per heavy atom. The average molecular weight is 283 g/mol. The van der Waals surface area contributed by atoms with Crippen LogP contribution < -0.4 is 0 Å². The van der Waals surface area contributed by atoms with Crippen molar-refractivity contribution in [1.82, 2.24) is 9.55 Å². The summed E-state index contributed by atoms with van der Waals surface area (Å²) in [6.45, 7) is 4.34. The first kappa shape index (κ1) is 10.3. The summed E-state index contributed by atoms with van der Waals surface area (Å²) in [6.07, 6.45) is 2.00. The molecule has 0 fully saturated rings. The number of benzene rings is 1. The van der Waals surface area contributed by atoms with Gasteiger partial charge in [0.2, 0.25) is 0 Å². The van der Waals surface area contributed by atoms with Gasteiger partial charge in [0.05, 0.1) is 5.52 Å². The number of rotatable bonds is 0. The maximum atomic E-state index is 13.7. The molecule has 1 aromatic heterocycles. The smallest absolute Gasteiger partial charge is 0.152 e. The fourth-order valence-corrected chi connectivity index (χ4v) is 2.94. The third-order valence-electron chi connectivity index (χ3n) is 3.31. The number of fused-ring (bicyclic) bond motifs is 3. The lowest BCUT2D eigenvalue weighted by molar-refractivity contribution is 0.386. The Morgan fingerprint density at radius 3 is 2.94 bits per heavy atom. The quantitative estimate of drug-likeness (QED) is 0.722. The maximum absolute atomic E-state index is 13.7. The molecule has 1 aliphatic heterocycles. The predicted octanol–water partition coefficient (Wildman–Crippen LogP) is 3.62. The summed E-state index contributed by atoms with van der Waals surface area (Å²) in [6, 6.07) is 3.42. The molecule has 16 heavy (non-hydrogen) atoms. The highest BCUT2D eigenvalue weighted by Crippen LogP contribution is 2.36. The second-order valence-corrected chi connectivity index (χ2v) is 5.85. The third-order valence-corrected chi connectivity index (χ3v) is 3.77. The van der Waals surface area contributed by atoms with Gasteiger partial charge in [-0.25, -0.2) is 9.37 Å². The Labute approximate surface area is 102 Å². The van der Waals surface area contributed by atoms with E-state index in [0.717, 1.165) is 28.7 Å². The Kier molecular flexibility index (Phi) is 1.97. The molecule has 0 spiro atoms. The van der Waals surface area contributed by atoms with E-state index in [-0.39, 0.29) is 11.4 Å². The summed E-state index contributed by atoms with van der Waals surface area (Å²) in [5.41, 5.74) is 1.42. The average Bonchev–Trinajstić information content (AvgIpc) is 2.66. The van der Waals surface area contributed by atoms with Crippen LogP contribution in [0.4, 0.5) is 4.39 Å². The number of aromatic nitrogens is 2. The summed E-state index contributed by atoms with van der Waals surface area (Å²) in [7, 11) is 0. The maximum Gasteiger partial charge on any atom is 0.152 e. The van der Waals surface area contributed by atoms with Crippen molar-refractivity contribution in [2.24, 2.45) is 0 Å². The first-order chi connectivity index (χ1) is 7.49. The number of hydrogen-bond acceptors (Lipinski definition) is 1. The monoisotopic (exact) mass is 282 g/mol.